The van der Waals surface area contributed by atoms with Crippen LogP contribution in [0.3, 0.4) is 0 Å². The Hall–Kier alpha value is -0.300. The number of hydrogen-bond donors (Lipinski definition) is 0. The minimum atomic E-state index is 0.373. The molecule has 1 atom stereocenters. The van der Waals surface area contributed by atoms with E-state index in [4.69, 9.17) is 4.74 Å². The Morgan fingerprint density at radius 1 is 1.06 bits per heavy atom. The third-order valence-corrected chi connectivity index (χ3v) is 2.92. The van der Waals surface area contributed by atoms with Crippen molar-refractivity contribution in [2.75, 3.05) is 6.61 Å². The highest BCUT2D eigenvalue weighted by molar-refractivity contribution is 5.04. The van der Waals surface area contributed by atoms with E-state index in [1.165, 1.54) is 44.1 Å². The van der Waals surface area contributed by atoms with Gasteiger partial charge in [-0.1, -0.05) is 52.5 Å². The van der Waals surface area contributed by atoms with Crippen molar-refractivity contribution in [3.05, 3.63) is 11.6 Å². The lowest BCUT2D eigenvalue weighted by atomic mass is 10.0. The van der Waals surface area contributed by atoms with Crippen molar-refractivity contribution >= 4 is 0 Å². The summed E-state index contributed by atoms with van der Waals surface area (Å²) in [7, 11) is 0. The maximum absolute atomic E-state index is 5.98. The first-order valence-corrected chi connectivity index (χ1v) is 7.04. The van der Waals surface area contributed by atoms with Crippen LogP contribution in [0.5, 0.6) is 0 Å². The molecule has 0 saturated heterocycles. The van der Waals surface area contributed by atoms with Crippen LogP contribution in [0.15, 0.2) is 11.6 Å². The molecule has 0 rings (SSSR count). The van der Waals surface area contributed by atoms with Crippen LogP contribution < -0.4 is 0 Å². The van der Waals surface area contributed by atoms with Gasteiger partial charge >= 0.3 is 0 Å². The average molecular weight is 226 g/mol. The lowest BCUT2D eigenvalue weighted by Crippen LogP contribution is -2.15. The molecule has 16 heavy (non-hydrogen) atoms. The Kier molecular flexibility index (Phi) is 11.0. The molecule has 0 heterocycles. The third kappa shape index (κ3) is 7.92. The van der Waals surface area contributed by atoms with E-state index in [9.17, 15) is 0 Å². The topological polar surface area (TPSA) is 9.23 Å². The molecule has 1 heteroatoms. The van der Waals surface area contributed by atoms with Gasteiger partial charge in [0.05, 0.1) is 6.10 Å². The van der Waals surface area contributed by atoms with E-state index in [1.54, 1.807) is 0 Å². The summed E-state index contributed by atoms with van der Waals surface area (Å²) in [6.07, 6.45) is 11.3. The molecule has 0 bridgehead atoms. The van der Waals surface area contributed by atoms with E-state index < -0.39 is 0 Å². The molecular weight excluding hydrogens is 196 g/mol. The van der Waals surface area contributed by atoms with Crippen LogP contribution in [-0.4, -0.2) is 12.7 Å². The van der Waals surface area contributed by atoms with Crippen LogP contribution in [0.2, 0.25) is 0 Å². The molecule has 0 aromatic heterocycles. The molecule has 0 N–H and O–H groups in total. The minimum Gasteiger partial charge on any atom is -0.374 e. The van der Waals surface area contributed by atoms with Crippen LogP contribution in [-0.2, 0) is 4.74 Å². The summed E-state index contributed by atoms with van der Waals surface area (Å²) in [4.78, 5) is 0. The number of rotatable bonds is 10. The summed E-state index contributed by atoms with van der Waals surface area (Å²) in [6, 6.07) is 0. The van der Waals surface area contributed by atoms with Crippen LogP contribution in [0, 0.1) is 0 Å². The molecule has 0 fully saturated rings. The minimum absolute atomic E-state index is 0.373. The van der Waals surface area contributed by atoms with Gasteiger partial charge in [0.15, 0.2) is 0 Å². The number of ether oxygens (including phenoxy) is 1. The molecule has 1 unspecified atom stereocenters. The van der Waals surface area contributed by atoms with Gasteiger partial charge in [0, 0.05) is 6.61 Å². The molecule has 0 aromatic rings. The molecule has 0 aromatic carbocycles. The van der Waals surface area contributed by atoms with Gasteiger partial charge < -0.3 is 4.74 Å². The Labute approximate surface area is 102 Å². The van der Waals surface area contributed by atoms with E-state index in [0.29, 0.717) is 6.10 Å². The van der Waals surface area contributed by atoms with Crippen LogP contribution >= 0.6 is 0 Å². The molecule has 0 aliphatic carbocycles. The zero-order valence-electron chi connectivity index (χ0n) is 11.7. The summed E-state index contributed by atoms with van der Waals surface area (Å²) >= 11 is 0. The summed E-state index contributed by atoms with van der Waals surface area (Å²) < 4.78 is 5.98. The highest BCUT2D eigenvalue weighted by Crippen LogP contribution is 2.16. The Balaban J connectivity index is 3.99. The predicted octanol–water partition coefficient (Wildman–Crippen LogP) is 5.11. The van der Waals surface area contributed by atoms with Crippen LogP contribution in [0.4, 0.5) is 0 Å². The first kappa shape index (κ1) is 15.7. The van der Waals surface area contributed by atoms with E-state index in [2.05, 4.69) is 33.8 Å². The smallest absolute Gasteiger partial charge is 0.0782 e. The van der Waals surface area contributed by atoms with Crippen molar-refractivity contribution in [1.82, 2.24) is 0 Å². The first-order valence-electron chi connectivity index (χ1n) is 7.04. The zero-order valence-corrected chi connectivity index (χ0v) is 11.7. The average Bonchev–Trinajstić information content (AvgIpc) is 2.28. The second-order valence-corrected chi connectivity index (χ2v) is 4.57. The van der Waals surface area contributed by atoms with Crippen LogP contribution in [0.1, 0.15) is 72.6 Å². The number of allylic oxidation sites excluding steroid dienone is 1. The standard InChI is InChI=1S/C15H30O/c1-5-8-10-12-15(14(4)11-7-3)16-13-9-6-2/h11,15H,5-10,12-13H2,1-4H3. The number of hydrogen-bond acceptors (Lipinski definition) is 1. The van der Waals surface area contributed by atoms with Crippen molar-refractivity contribution in [3.63, 3.8) is 0 Å². The maximum atomic E-state index is 5.98. The van der Waals surface area contributed by atoms with E-state index >= 15 is 0 Å². The molecule has 0 amide bonds. The van der Waals surface area contributed by atoms with Gasteiger partial charge in [0.2, 0.25) is 0 Å². The number of unbranched alkanes of at least 4 members (excludes halogenated alkanes) is 3. The third-order valence-electron chi connectivity index (χ3n) is 2.92. The van der Waals surface area contributed by atoms with Crippen molar-refractivity contribution in [1.29, 1.82) is 0 Å². The molecule has 0 radical (unpaired) electrons. The predicted molar refractivity (Wildman–Crippen MR) is 72.8 cm³/mol. The fourth-order valence-corrected chi connectivity index (χ4v) is 1.85. The Morgan fingerprint density at radius 3 is 2.31 bits per heavy atom. The molecule has 0 saturated carbocycles. The fraction of sp³-hybridized carbons (Fsp3) is 0.867. The van der Waals surface area contributed by atoms with Gasteiger partial charge in [0.1, 0.15) is 0 Å². The van der Waals surface area contributed by atoms with E-state index in [1.807, 2.05) is 0 Å². The lowest BCUT2D eigenvalue weighted by molar-refractivity contribution is 0.0677. The summed E-state index contributed by atoms with van der Waals surface area (Å²) in [5, 5.41) is 0. The monoisotopic (exact) mass is 226 g/mol. The summed E-state index contributed by atoms with van der Waals surface area (Å²) in [5.74, 6) is 0. The highest BCUT2D eigenvalue weighted by atomic mass is 16.5. The summed E-state index contributed by atoms with van der Waals surface area (Å²) in [6.45, 7) is 9.79. The second kappa shape index (κ2) is 11.2. The SMILES string of the molecule is CCC=C(C)C(CCCCC)OCCCC. The molecule has 0 aliphatic heterocycles. The zero-order chi connectivity index (χ0) is 12.2. The second-order valence-electron chi connectivity index (χ2n) is 4.57. The molecule has 0 spiro atoms. The molecule has 96 valence electrons. The molecule has 1 nitrogen and oxygen atoms in total. The van der Waals surface area contributed by atoms with Crippen molar-refractivity contribution < 1.29 is 4.74 Å². The highest BCUT2D eigenvalue weighted by Gasteiger charge is 2.10. The van der Waals surface area contributed by atoms with Crippen LogP contribution in [0.25, 0.3) is 0 Å². The van der Waals surface area contributed by atoms with Crippen molar-refractivity contribution in [3.8, 4) is 0 Å². The molecule has 0 aliphatic rings. The largest absolute Gasteiger partial charge is 0.374 e. The van der Waals surface area contributed by atoms with Gasteiger partial charge in [0.25, 0.3) is 0 Å². The van der Waals surface area contributed by atoms with E-state index in [-0.39, 0.29) is 0 Å². The lowest BCUT2D eigenvalue weighted by Gasteiger charge is -2.18. The van der Waals surface area contributed by atoms with Gasteiger partial charge in [-0.25, -0.2) is 0 Å². The summed E-state index contributed by atoms with van der Waals surface area (Å²) in [5.41, 5.74) is 1.43. The van der Waals surface area contributed by atoms with Crippen molar-refractivity contribution in [2.24, 2.45) is 0 Å². The van der Waals surface area contributed by atoms with Gasteiger partial charge in [-0.15, -0.1) is 0 Å². The van der Waals surface area contributed by atoms with E-state index in [0.717, 1.165) is 13.0 Å². The molecular formula is C15H30O. The van der Waals surface area contributed by atoms with Gasteiger partial charge in [-0.2, -0.15) is 0 Å². The quantitative estimate of drug-likeness (QED) is 0.371. The maximum Gasteiger partial charge on any atom is 0.0782 e. The van der Waals surface area contributed by atoms with Crippen molar-refractivity contribution in [2.45, 2.75) is 78.7 Å². The normalized spacial score (nSPS) is 14.1. The Bertz CT molecular complexity index is 162. The van der Waals surface area contributed by atoms with Gasteiger partial charge in [-0.05, 0) is 31.8 Å². The Morgan fingerprint density at radius 2 is 1.75 bits per heavy atom. The first-order chi connectivity index (χ1) is 7.76. The fourth-order valence-electron chi connectivity index (χ4n) is 1.85. The van der Waals surface area contributed by atoms with Gasteiger partial charge in [-0.3, -0.25) is 0 Å².